The molecule has 1 aliphatic heterocycles. The molecule has 0 atom stereocenters. The largest absolute Gasteiger partial charge is 0.592 e. The lowest BCUT2D eigenvalue weighted by atomic mass is 10.3. The summed E-state index contributed by atoms with van der Waals surface area (Å²) in [7, 11) is 5.84. The normalized spacial score (nSPS) is 12.6. The van der Waals surface area contributed by atoms with E-state index in [4.69, 9.17) is 7.98 Å². The van der Waals surface area contributed by atoms with Gasteiger partial charge in [0, 0.05) is 11.9 Å². The van der Waals surface area contributed by atoms with Gasteiger partial charge in [0.05, 0.1) is 6.07 Å². The van der Waals surface area contributed by atoms with Crippen molar-refractivity contribution in [2.75, 3.05) is 0 Å². The Morgan fingerprint density at radius 1 is 1.50 bits per heavy atom. The van der Waals surface area contributed by atoms with E-state index in [0.29, 0.717) is 0 Å². The lowest BCUT2D eigenvalue weighted by Crippen LogP contribution is -2.47. The summed E-state index contributed by atoms with van der Waals surface area (Å²) in [4.78, 5) is 4.34. The van der Waals surface area contributed by atoms with Gasteiger partial charge >= 0.3 is 13.8 Å². The van der Waals surface area contributed by atoms with Crippen molar-refractivity contribution < 1.29 is 9.05 Å². The second-order valence-electron chi connectivity index (χ2n) is 3.48. The minimum absolute atomic E-state index is 0.800. The number of hydrogen-bond donors (Lipinski definition) is 0. The second kappa shape index (κ2) is 2.44. The van der Waals surface area contributed by atoms with Gasteiger partial charge in [-0.15, -0.1) is 4.57 Å². The predicted molar refractivity (Wildman–Crippen MR) is 49.3 cm³/mol. The summed E-state index contributed by atoms with van der Waals surface area (Å²) < 4.78 is 5.82. The van der Waals surface area contributed by atoms with Gasteiger partial charge in [0.2, 0.25) is 6.67 Å². The van der Waals surface area contributed by atoms with Crippen LogP contribution in [0.2, 0.25) is 0 Å². The van der Waals surface area contributed by atoms with Crippen LogP contribution >= 0.6 is 0 Å². The molecule has 2 aromatic rings. The summed E-state index contributed by atoms with van der Waals surface area (Å²) in [6.45, 7) is 2.85. The Morgan fingerprint density at radius 2 is 2.36 bits per heavy atom. The summed E-state index contributed by atoms with van der Waals surface area (Å²) in [5, 5.41) is 0. The van der Waals surface area contributed by atoms with Gasteiger partial charge in [-0.25, -0.2) is 9.46 Å². The summed E-state index contributed by atoms with van der Waals surface area (Å²) in [6, 6.07) is 1.92. The van der Waals surface area contributed by atoms with E-state index in [0.717, 1.165) is 24.0 Å². The summed E-state index contributed by atoms with van der Waals surface area (Å²) in [5.74, 6) is 1.88. The molecule has 0 aromatic carbocycles. The Morgan fingerprint density at radius 3 is 3.21 bits per heavy atom. The van der Waals surface area contributed by atoms with Crippen LogP contribution in [0.25, 0.3) is 11.6 Å². The fraction of sp³-hybridized carbons (Fsp3) is 0.222. The molecule has 0 fully saturated rings. The third kappa shape index (κ3) is 0.815. The highest BCUT2D eigenvalue weighted by molar-refractivity contribution is 5.95. The summed E-state index contributed by atoms with van der Waals surface area (Å²) >= 11 is 0. The first-order valence-electron chi connectivity index (χ1n) is 4.49. The standard InChI is InChI=1S/C9H9BN4/c1-7-5-11-8-9-12(6-13(7)8)3-2-4-14(9)10/h2-5H,6H2,1H3/q+2. The first-order chi connectivity index (χ1) is 6.77. The zero-order valence-corrected chi connectivity index (χ0v) is 7.88. The van der Waals surface area contributed by atoms with Crippen LogP contribution in [-0.2, 0) is 6.67 Å². The van der Waals surface area contributed by atoms with Crippen LogP contribution < -0.4 is 9.05 Å². The molecule has 0 aliphatic carbocycles. The van der Waals surface area contributed by atoms with Gasteiger partial charge in [0.25, 0.3) is 5.82 Å². The van der Waals surface area contributed by atoms with E-state index in [1.807, 2.05) is 31.6 Å². The number of aryl methyl sites for hydroxylation is 1. The smallest absolute Gasteiger partial charge is 0.261 e. The van der Waals surface area contributed by atoms with Crippen LogP contribution in [0.15, 0.2) is 24.7 Å². The number of nitrogens with zero attached hydrogens (tertiary/aromatic N) is 4. The molecule has 2 aromatic heterocycles. The van der Waals surface area contributed by atoms with Gasteiger partial charge in [-0.05, 0) is 6.92 Å². The van der Waals surface area contributed by atoms with Gasteiger partial charge in [-0.2, -0.15) is 0 Å². The average Bonchev–Trinajstić information content (AvgIpc) is 2.68. The van der Waals surface area contributed by atoms with Crippen molar-refractivity contribution in [3.8, 4) is 11.6 Å². The fourth-order valence-corrected chi connectivity index (χ4v) is 1.85. The molecule has 4 nitrogen and oxygen atoms in total. The molecular weight excluding hydrogens is 175 g/mol. The summed E-state index contributed by atoms with van der Waals surface area (Å²) in [5.41, 5.74) is 1.16. The maximum absolute atomic E-state index is 5.84. The predicted octanol–water partition coefficient (Wildman–Crippen LogP) is -0.816. The van der Waals surface area contributed by atoms with Gasteiger partial charge in [-0.1, -0.05) is 0 Å². The molecular formula is C9H9BN4+2. The molecule has 2 radical (unpaired) electrons. The van der Waals surface area contributed by atoms with Crippen molar-refractivity contribution in [3.63, 3.8) is 0 Å². The molecule has 3 rings (SSSR count). The first-order valence-corrected chi connectivity index (χ1v) is 4.49. The van der Waals surface area contributed by atoms with Crippen molar-refractivity contribution in [2.45, 2.75) is 13.6 Å². The van der Waals surface area contributed by atoms with E-state index < -0.39 is 0 Å². The molecule has 14 heavy (non-hydrogen) atoms. The highest BCUT2D eigenvalue weighted by Crippen LogP contribution is 2.16. The first kappa shape index (κ1) is 7.73. The van der Waals surface area contributed by atoms with Crippen molar-refractivity contribution in [1.82, 2.24) is 9.55 Å². The molecule has 66 valence electrons. The Bertz CT molecular complexity index is 518. The van der Waals surface area contributed by atoms with E-state index in [2.05, 4.69) is 14.1 Å². The van der Waals surface area contributed by atoms with E-state index in [9.17, 15) is 0 Å². The van der Waals surface area contributed by atoms with Crippen LogP contribution in [0.4, 0.5) is 0 Å². The molecule has 0 saturated heterocycles. The van der Waals surface area contributed by atoms with Crippen molar-refractivity contribution in [1.29, 1.82) is 0 Å². The number of fused-ring (bicyclic) bond motifs is 3. The fourth-order valence-electron chi connectivity index (χ4n) is 1.85. The van der Waals surface area contributed by atoms with E-state index in [-0.39, 0.29) is 0 Å². The van der Waals surface area contributed by atoms with Crippen LogP contribution in [0.1, 0.15) is 5.69 Å². The van der Waals surface area contributed by atoms with Crippen molar-refractivity contribution >= 4 is 7.98 Å². The molecule has 0 spiro atoms. The lowest BCUT2D eigenvalue weighted by molar-refractivity contribution is -0.748. The maximum atomic E-state index is 5.84. The Labute approximate surface area is 82.9 Å². The van der Waals surface area contributed by atoms with Crippen LogP contribution in [0.5, 0.6) is 0 Å². The Balaban J connectivity index is 2.35. The molecule has 0 unspecified atom stereocenters. The molecule has 1 aliphatic rings. The van der Waals surface area contributed by atoms with E-state index >= 15 is 0 Å². The molecule has 3 heterocycles. The Kier molecular flexibility index (Phi) is 1.35. The lowest BCUT2D eigenvalue weighted by Gasteiger charge is -1.91. The molecule has 0 amide bonds. The third-order valence-electron chi connectivity index (χ3n) is 2.58. The summed E-state index contributed by atoms with van der Waals surface area (Å²) in [6.07, 6.45) is 5.70. The van der Waals surface area contributed by atoms with Crippen LogP contribution in [0.3, 0.4) is 0 Å². The number of rotatable bonds is 0. The molecule has 0 N–H and O–H groups in total. The van der Waals surface area contributed by atoms with Gasteiger partial charge in [0.15, 0.2) is 12.4 Å². The quantitative estimate of drug-likeness (QED) is 0.331. The average molecular weight is 184 g/mol. The highest BCUT2D eigenvalue weighted by Gasteiger charge is 2.36. The Hall–Kier alpha value is -1.65. The minimum Gasteiger partial charge on any atom is -0.261 e. The van der Waals surface area contributed by atoms with Crippen molar-refractivity contribution in [2.24, 2.45) is 0 Å². The molecule has 0 bridgehead atoms. The number of aromatic nitrogens is 4. The zero-order valence-electron chi connectivity index (χ0n) is 7.88. The SMILES string of the molecule is [B][n+]1ccc[n+]2c1-c1ncc(C)n1C2. The van der Waals surface area contributed by atoms with Crippen molar-refractivity contribution in [3.05, 3.63) is 30.4 Å². The highest BCUT2D eigenvalue weighted by atomic mass is 15.3. The molecule has 0 saturated carbocycles. The van der Waals surface area contributed by atoms with Gasteiger partial charge < -0.3 is 0 Å². The van der Waals surface area contributed by atoms with Crippen LogP contribution in [0, 0.1) is 6.92 Å². The maximum Gasteiger partial charge on any atom is 0.592 e. The monoisotopic (exact) mass is 184 g/mol. The number of hydrogen-bond acceptors (Lipinski definition) is 1. The van der Waals surface area contributed by atoms with Gasteiger partial charge in [-0.3, -0.25) is 4.57 Å². The minimum atomic E-state index is 0.800. The number of imidazole rings is 1. The zero-order chi connectivity index (χ0) is 9.71. The van der Waals surface area contributed by atoms with E-state index in [1.54, 1.807) is 4.48 Å². The molecule has 5 heteroatoms. The van der Waals surface area contributed by atoms with Gasteiger partial charge in [0.1, 0.15) is 0 Å². The third-order valence-corrected chi connectivity index (χ3v) is 2.58. The second-order valence-corrected chi connectivity index (χ2v) is 3.48. The van der Waals surface area contributed by atoms with Crippen LogP contribution in [-0.4, -0.2) is 17.5 Å². The topological polar surface area (TPSA) is 25.6 Å². The van der Waals surface area contributed by atoms with E-state index in [1.165, 1.54) is 0 Å².